The summed E-state index contributed by atoms with van der Waals surface area (Å²) in [5, 5.41) is 6.07. The minimum absolute atomic E-state index is 0.0141. The van der Waals surface area contributed by atoms with Gasteiger partial charge in [0.2, 0.25) is 21.8 Å². The summed E-state index contributed by atoms with van der Waals surface area (Å²) in [5.41, 5.74) is 0.832. The first-order valence-corrected chi connectivity index (χ1v) is 17.0. The molecule has 5 rings (SSSR count). The number of piperidine rings is 1. The molecule has 43 heavy (non-hydrogen) atoms. The monoisotopic (exact) mass is 614 g/mol. The Morgan fingerprint density at radius 3 is 2.56 bits per heavy atom. The number of carbonyl (C=O) groups excluding carboxylic acids is 2. The number of amides is 2. The number of aryl methyl sites for hydroxylation is 1. The van der Waals surface area contributed by atoms with Crippen LogP contribution in [0.1, 0.15) is 56.9 Å². The van der Waals surface area contributed by atoms with Crippen LogP contribution in [0.15, 0.2) is 53.4 Å². The van der Waals surface area contributed by atoms with Crippen LogP contribution in [0.3, 0.4) is 0 Å². The molecule has 0 saturated carbocycles. The molecule has 1 unspecified atom stereocenters. The van der Waals surface area contributed by atoms with Crippen LogP contribution in [0.25, 0.3) is 0 Å². The molecule has 1 spiro atoms. The number of rotatable bonds is 6. The maximum absolute atomic E-state index is 13.4. The van der Waals surface area contributed by atoms with E-state index in [1.807, 2.05) is 18.2 Å². The predicted octanol–water partition coefficient (Wildman–Crippen LogP) is 3.49. The molecule has 2 aromatic carbocycles. The van der Waals surface area contributed by atoms with Gasteiger partial charge in [0.1, 0.15) is 24.2 Å². The Kier molecular flexibility index (Phi) is 10.4. The Hall–Kier alpha value is -3.02. The molecule has 0 aromatic heterocycles. The van der Waals surface area contributed by atoms with E-state index in [1.54, 1.807) is 0 Å². The highest BCUT2D eigenvalue weighted by molar-refractivity contribution is 7.89. The second-order valence-corrected chi connectivity index (χ2v) is 13.8. The standard InChI is InChI=1S/C32H43FN4O5S/c33-26-11-13-27(14-12-26)43(40,41)37-20-6-9-28(37)30(38)34-18-23-36-21-16-32(17-22-36)15-5-1-2-7-25-8-3-4-10-29(25)42-24-19-35-31(32)39/h3-4,8,10-14,28H,1-2,5-7,9,15-24H2,(H,34,38)(H,35,39). The van der Waals surface area contributed by atoms with Crippen LogP contribution in [0, 0.1) is 11.2 Å². The van der Waals surface area contributed by atoms with Gasteiger partial charge in [-0.3, -0.25) is 9.59 Å². The first kappa shape index (κ1) is 31.4. The van der Waals surface area contributed by atoms with Crippen molar-refractivity contribution in [3.63, 3.8) is 0 Å². The third-order valence-electron chi connectivity index (χ3n) is 9.17. The predicted molar refractivity (Wildman–Crippen MR) is 162 cm³/mol. The van der Waals surface area contributed by atoms with Crippen LogP contribution in [0.5, 0.6) is 5.75 Å². The van der Waals surface area contributed by atoms with E-state index in [0.717, 1.165) is 75.9 Å². The summed E-state index contributed by atoms with van der Waals surface area (Å²) in [7, 11) is -3.90. The number of fused-ring (bicyclic) bond motifs is 1. The van der Waals surface area contributed by atoms with E-state index in [1.165, 1.54) is 22.0 Å². The molecule has 11 heteroatoms. The number of hydrogen-bond donors (Lipinski definition) is 2. The van der Waals surface area contributed by atoms with Crippen LogP contribution < -0.4 is 15.4 Å². The van der Waals surface area contributed by atoms with Gasteiger partial charge in [-0.05, 0) is 93.9 Å². The molecule has 234 valence electrons. The summed E-state index contributed by atoms with van der Waals surface area (Å²) in [6.07, 6.45) is 7.54. The molecule has 2 N–H and O–H groups in total. The fourth-order valence-corrected chi connectivity index (χ4v) is 8.26. The molecular formula is C32H43FN4O5S. The highest BCUT2D eigenvalue weighted by atomic mass is 32.2. The lowest BCUT2D eigenvalue weighted by atomic mass is 9.73. The number of benzene rings is 2. The first-order valence-electron chi connectivity index (χ1n) is 15.6. The highest BCUT2D eigenvalue weighted by Gasteiger charge is 2.41. The quantitative estimate of drug-likeness (QED) is 0.516. The number of nitrogens with zero attached hydrogens (tertiary/aromatic N) is 2. The van der Waals surface area contributed by atoms with E-state index in [4.69, 9.17) is 4.74 Å². The molecule has 0 bridgehead atoms. The summed E-state index contributed by atoms with van der Waals surface area (Å²) in [6, 6.07) is 12.1. The molecule has 3 heterocycles. The molecule has 9 nitrogen and oxygen atoms in total. The Morgan fingerprint density at radius 1 is 1.00 bits per heavy atom. The van der Waals surface area contributed by atoms with Crippen LogP contribution in [-0.4, -0.2) is 81.4 Å². The van der Waals surface area contributed by atoms with Gasteiger partial charge in [0, 0.05) is 19.6 Å². The van der Waals surface area contributed by atoms with E-state index in [2.05, 4.69) is 21.6 Å². The van der Waals surface area contributed by atoms with Gasteiger partial charge in [-0.1, -0.05) is 31.0 Å². The molecule has 1 atom stereocenters. The average Bonchev–Trinajstić information content (AvgIpc) is 3.52. The van der Waals surface area contributed by atoms with Gasteiger partial charge >= 0.3 is 0 Å². The van der Waals surface area contributed by atoms with E-state index in [-0.39, 0.29) is 28.7 Å². The number of nitrogens with one attached hydrogen (secondary N) is 2. The summed E-state index contributed by atoms with van der Waals surface area (Å²) >= 11 is 0. The molecule has 3 aliphatic rings. The Labute approximate surface area is 254 Å². The first-order chi connectivity index (χ1) is 20.8. The topological polar surface area (TPSA) is 108 Å². The van der Waals surface area contributed by atoms with E-state index in [0.29, 0.717) is 39.1 Å². The van der Waals surface area contributed by atoms with Crippen molar-refractivity contribution in [1.82, 2.24) is 19.8 Å². The number of halogens is 1. The molecule has 2 saturated heterocycles. The molecule has 2 fully saturated rings. The van der Waals surface area contributed by atoms with Gasteiger partial charge in [-0.15, -0.1) is 0 Å². The van der Waals surface area contributed by atoms with Crippen molar-refractivity contribution in [1.29, 1.82) is 0 Å². The SMILES string of the molecule is O=C(NCCN1CCC2(CCCCCc3ccccc3OCCNC2=O)CC1)C1CCCN1S(=O)(=O)c1ccc(F)cc1. The van der Waals surface area contributed by atoms with Crippen LogP contribution in [0.4, 0.5) is 4.39 Å². The second-order valence-electron chi connectivity index (χ2n) is 11.9. The average molecular weight is 615 g/mol. The summed E-state index contributed by atoms with van der Waals surface area (Å²) in [6.45, 7) is 3.73. The fraction of sp³-hybridized carbons (Fsp3) is 0.562. The van der Waals surface area contributed by atoms with Crippen molar-refractivity contribution in [2.75, 3.05) is 45.9 Å². The molecular weight excluding hydrogens is 571 g/mol. The smallest absolute Gasteiger partial charge is 0.243 e. The zero-order chi connectivity index (χ0) is 30.3. The number of ether oxygens (including phenoxy) is 1. The molecule has 2 amide bonds. The third kappa shape index (κ3) is 7.56. The lowest BCUT2D eigenvalue weighted by Crippen LogP contribution is -2.51. The van der Waals surface area contributed by atoms with Crippen LogP contribution in [-0.2, 0) is 26.0 Å². The summed E-state index contributed by atoms with van der Waals surface area (Å²) < 4.78 is 46.8. The van der Waals surface area contributed by atoms with Crippen LogP contribution in [0.2, 0.25) is 0 Å². The van der Waals surface area contributed by atoms with Crippen molar-refractivity contribution in [3.8, 4) is 5.75 Å². The highest BCUT2D eigenvalue weighted by Crippen LogP contribution is 2.37. The van der Waals surface area contributed by atoms with Crippen LogP contribution >= 0.6 is 0 Å². The van der Waals surface area contributed by atoms with E-state index >= 15 is 0 Å². The number of hydrogen-bond acceptors (Lipinski definition) is 6. The second kappa shape index (κ2) is 14.2. The Balaban J connectivity index is 1.10. The molecule has 0 aliphatic carbocycles. The largest absolute Gasteiger partial charge is 0.491 e. The summed E-state index contributed by atoms with van der Waals surface area (Å²) in [4.78, 5) is 28.7. The van der Waals surface area contributed by atoms with Crippen molar-refractivity contribution in [2.45, 2.75) is 68.7 Å². The lowest BCUT2D eigenvalue weighted by Gasteiger charge is -2.41. The number of para-hydroxylation sites is 1. The van der Waals surface area contributed by atoms with Gasteiger partial charge in [0.05, 0.1) is 16.9 Å². The minimum atomic E-state index is -3.90. The van der Waals surface area contributed by atoms with Gasteiger partial charge < -0.3 is 20.3 Å². The van der Waals surface area contributed by atoms with Crippen molar-refractivity contribution < 1.29 is 27.1 Å². The van der Waals surface area contributed by atoms with E-state index < -0.39 is 21.9 Å². The minimum Gasteiger partial charge on any atom is -0.491 e. The zero-order valence-corrected chi connectivity index (χ0v) is 25.5. The van der Waals surface area contributed by atoms with Gasteiger partial charge in [-0.25, -0.2) is 12.8 Å². The fourth-order valence-electron chi connectivity index (χ4n) is 6.60. The Bertz CT molecular complexity index is 1360. The number of sulfonamides is 1. The maximum atomic E-state index is 13.4. The molecule has 2 aromatic rings. The molecule has 0 radical (unpaired) electrons. The maximum Gasteiger partial charge on any atom is 0.243 e. The van der Waals surface area contributed by atoms with Crippen molar-refractivity contribution in [2.24, 2.45) is 5.41 Å². The lowest BCUT2D eigenvalue weighted by molar-refractivity contribution is -0.134. The number of carbonyl (C=O) groups is 2. The van der Waals surface area contributed by atoms with E-state index in [9.17, 15) is 22.4 Å². The summed E-state index contributed by atoms with van der Waals surface area (Å²) in [5.74, 6) is 0.193. The third-order valence-corrected chi connectivity index (χ3v) is 11.1. The zero-order valence-electron chi connectivity index (χ0n) is 24.7. The van der Waals surface area contributed by atoms with Crippen molar-refractivity contribution >= 4 is 21.8 Å². The molecule has 3 aliphatic heterocycles. The Morgan fingerprint density at radius 2 is 1.77 bits per heavy atom. The van der Waals surface area contributed by atoms with Gasteiger partial charge in [-0.2, -0.15) is 4.31 Å². The van der Waals surface area contributed by atoms with Crippen molar-refractivity contribution in [3.05, 3.63) is 59.9 Å². The number of likely N-dealkylation sites (tertiary alicyclic amines) is 1. The van der Waals surface area contributed by atoms with Gasteiger partial charge in [0.25, 0.3) is 0 Å². The van der Waals surface area contributed by atoms with Gasteiger partial charge in [0.15, 0.2) is 0 Å². The normalized spacial score (nSPS) is 22.3.